The van der Waals surface area contributed by atoms with Crippen molar-refractivity contribution in [2.75, 3.05) is 19.6 Å². The lowest BCUT2D eigenvalue weighted by molar-refractivity contribution is -0.0124. The molecule has 0 unspecified atom stereocenters. The van der Waals surface area contributed by atoms with Crippen molar-refractivity contribution < 1.29 is 0 Å². The molecule has 1 saturated carbocycles. The third-order valence-electron chi connectivity index (χ3n) is 4.91. The van der Waals surface area contributed by atoms with Gasteiger partial charge in [-0.25, -0.2) is 0 Å². The van der Waals surface area contributed by atoms with Crippen molar-refractivity contribution in [2.45, 2.75) is 77.3 Å². The molecule has 0 bridgehead atoms. The Hall–Kier alpha value is -0.0800. The van der Waals surface area contributed by atoms with Gasteiger partial charge in [-0.1, -0.05) is 33.1 Å². The molecule has 106 valence electrons. The molecule has 1 saturated heterocycles. The van der Waals surface area contributed by atoms with Crippen molar-refractivity contribution >= 4 is 0 Å². The topological polar surface area (TPSA) is 15.3 Å². The molecule has 2 fully saturated rings. The summed E-state index contributed by atoms with van der Waals surface area (Å²) in [5.41, 5.74) is 0.780. The van der Waals surface area contributed by atoms with Crippen molar-refractivity contribution in [3.63, 3.8) is 0 Å². The third-order valence-corrected chi connectivity index (χ3v) is 4.91. The predicted octanol–water partition coefficient (Wildman–Crippen LogP) is 3.42. The third kappa shape index (κ3) is 3.27. The fourth-order valence-corrected chi connectivity index (χ4v) is 3.65. The molecule has 1 heterocycles. The predicted molar refractivity (Wildman–Crippen MR) is 78.9 cm³/mol. The van der Waals surface area contributed by atoms with Gasteiger partial charge in [0.05, 0.1) is 0 Å². The van der Waals surface area contributed by atoms with Gasteiger partial charge in [-0.2, -0.15) is 0 Å². The van der Waals surface area contributed by atoms with Gasteiger partial charge < -0.3 is 5.32 Å². The molecule has 2 rings (SSSR count). The number of hydrogen-bond acceptors (Lipinski definition) is 2. The molecular weight excluding hydrogens is 220 g/mol. The van der Waals surface area contributed by atoms with Crippen molar-refractivity contribution in [3.8, 4) is 0 Å². The van der Waals surface area contributed by atoms with Crippen LogP contribution in [0.25, 0.3) is 0 Å². The molecule has 0 amide bonds. The van der Waals surface area contributed by atoms with Gasteiger partial charge in [-0.05, 0) is 45.6 Å². The SMILES string of the molecule is CC(C)CCN1CC(C)(C)NCC12CCCCC2. The van der Waals surface area contributed by atoms with Crippen LogP contribution in [0, 0.1) is 5.92 Å². The molecule has 18 heavy (non-hydrogen) atoms. The fourth-order valence-electron chi connectivity index (χ4n) is 3.65. The zero-order valence-corrected chi connectivity index (χ0v) is 12.9. The van der Waals surface area contributed by atoms with Crippen LogP contribution in [0.3, 0.4) is 0 Å². The summed E-state index contributed by atoms with van der Waals surface area (Å²) in [6.07, 6.45) is 8.48. The quantitative estimate of drug-likeness (QED) is 0.828. The van der Waals surface area contributed by atoms with Gasteiger partial charge in [-0.15, -0.1) is 0 Å². The highest BCUT2D eigenvalue weighted by Crippen LogP contribution is 2.37. The second-order valence-corrected chi connectivity index (χ2v) is 7.63. The minimum atomic E-state index is 0.291. The van der Waals surface area contributed by atoms with Crippen LogP contribution in [0.2, 0.25) is 0 Å². The zero-order chi connectivity index (χ0) is 13.2. The second-order valence-electron chi connectivity index (χ2n) is 7.63. The first kappa shape index (κ1) is 14.3. The maximum absolute atomic E-state index is 3.79. The van der Waals surface area contributed by atoms with Gasteiger partial charge in [0.1, 0.15) is 0 Å². The van der Waals surface area contributed by atoms with Crippen LogP contribution in [0.1, 0.15) is 66.2 Å². The van der Waals surface area contributed by atoms with Crippen LogP contribution in [-0.2, 0) is 0 Å². The molecule has 1 spiro atoms. The van der Waals surface area contributed by atoms with Gasteiger partial charge in [-0.3, -0.25) is 4.90 Å². The number of rotatable bonds is 3. The average Bonchev–Trinajstić information content (AvgIpc) is 2.32. The van der Waals surface area contributed by atoms with Gasteiger partial charge >= 0.3 is 0 Å². The maximum atomic E-state index is 3.79. The Bertz CT molecular complexity index is 264. The van der Waals surface area contributed by atoms with E-state index in [1.165, 1.54) is 58.2 Å². The molecule has 2 aliphatic rings. The van der Waals surface area contributed by atoms with Crippen molar-refractivity contribution in [1.29, 1.82) is 0 Å². The number of nitrogens with zero attached hydrogens (tertiary/aromatic N) is 1. The first-order valence-electron chi connectivity index (χ1n) is 7.94. The highest BCUT2D eigenvalue weighted by Gasteiger charge is 2.43. The summed E-state index contributed by atoms with van der Waals surface area (Å²) in [6.45, 7) is 13.1. The minimum absolute atomic E-state index is 0.291. The normalized spacial score (nSPS) is 27.8. The van der Waals surface area contributed by atoms with E-state index in [-0.39, 0.29) is 0 Å². The fraction of sp³-hybridized carbons (Fsp3) is 1.00. The molecule has 2 nitrogen and oxygen atoms in total. The zero-order valence-electron chi connectivity index (χ0n) is 12.9. The van der Waals surface area contributed by atoms with E-state index >= 15 is 0 Å². The highest BCUT2D eigenvalue weighted by atomic mass is 15.3. The second kappa shape index (κ2) is 5.50. The summed E-state index contributed by atoms with van der Waals surface area (Å²) < 4.78 is 0. The standard InChI is InChI=1S/C16H32N2/c1-14(2)8-11-18-13-15(3,4)17-12-16(18)9-6-5-7-10-16/h14,17H,5-13H2,1-4H3. The van der Waals surface area contributed by atoms with E-state index in [0.717, 1.165) is 5.92 Å². The number of hydrogen-bond donors (Lipinski definition) is 1. The van der Waals surface area contributed by atoms with Crippen LogP contribution in [0.5, 0.6) is 0 Å². The van der Waals surface area contributed by atoms with Crippen molar-refractivity contribution in [3.05, 3.63) is 0 Å². The molecule has 0 atom stereocenters. The lowest BCUT2D eigenvalue weighted by atomic mass is 9.76. The van der Waals surface area contributed by atoms with Gasteiger partial charge in [0.2, 0.25) is 0 Å². The van der Waals surface area contributed by atoms with Crippen LogP contribution in [0.15, 0.2) is 0 Å². The van der Waals surface area contributed by atoms with E-state index in [9.17, 15) is 0 Å². The van der Waals surface area contributed by atoms with E-state index in [0.29, 0.717) is 11.1 Å². The smallest absolute Gasteiger partial charge is 0.0334 e. The minimum Gasteiger partial charge on any atom is -0.309 e. The summed E-state index contributed by atoms with van der Waals surface area (Å²) in [4.78, 5) is 2.84. The lowest BCUT2D eigenvalue weighted by Gasteiger charge is -2.55. The van der Waals surface area contributed by atoms with E-state index in [2.05, 4.69) is 37.9 Å². The average molecular weight is 252 g/mol. The number of nitrogens with one attached hydrogen (secondary N) is 1. The van der Waals surface area contributed by atoms with Gasteiger partial charge in [0.25, 0.3) is 0 Å². The number of piperazine rings is 1. The van der Waals surface area contributed by atoms with E-state index in [1.54, 1.807) is 0 Å². The van der Waals surface area contributed by atoms with E-state index in [4.69, 9.17) is 0 Å². The van der Waals surface area contributed by atoms with Crippen LogP contribution < -0.4 is 5.32 Å². The van der Waals surface area contributed by atoms with Gasteiger partial charge in [0, 0.05) is 24.2 Å². The summed E-state index contributed by atoms with van der Waals surface area (Å²) in [6, 6.07) is 0. The van der Waals surface area contributed by atoms with Crippen LogP contribution in [0.4, 0.5) is 0 Å². The molecule has 0 aromatic heterocycles. The molecule has 0 aromatic carbocycles. The van der Waals surface area contributed by atoms with Crippen LogP contribution >= 0.6 is 0 Å². The Labute approximate surface area is 114 Å². The molecule has 1 N–H and O–H groups in total. The first-order chi connectivity index (χ1) is 8.44. The van der Waals surface area contributed by atoms with Crippen molar-refractivity contribution in [1.82, 2.24) is 10.2 Å². The summed E-state index contributed by atoms with van der Waals surface area (Å²) >= 11 is 0. The first-order valence-corrected chi connectivity index (χ1v) is 7.94. The molecule has 0 aromatic rings. The van der Waals surface area contributed by atoms with E-state index in [1.807, 2.05) is 0 Å². The molecule has 2 heteroatoms. The monoisotopic (exact) mass is 252 g/mol. The largest absolute Gasteiger partial charge is 0.309 e. The van der Waals surface area contributed by atoms with Crippen LogP contribution in [-0.4, -0.2) is 35.6 Å². The molecule has 1 aliphatic heterocycles. The Kier molecular flexibility index (Phi) is 4.38. The van der Waals surface area contributed by atoms with Gasteiger partial charge in [0.15, 0.2) is 0 Å². The maximum Gasteiger partial charge on any atom is 0.0334 e. The van der Waals surface area contributed by atoms with Crippen molar-refractivity contribution in [2.24, 2.45) is 5.92 Å². The Balaban J connectivity index is 2.05. The Morgan fingerprint density at radius 2 is 1.78 bits per heavy atom. The Morgan fingerprint density at radius 3 is 2.39 bits per heavy atom. The highest BCUT2D eigenvalue weighted by molar-refractivity contribution is 5.03. The lowest BCUT2D eigenvalue weighted by Crippen LogP contribution is -2.68. The molecule has 1 aliphatic carbocycles. The molecule has 0 radical (unpaired) electrons. The summed E-state index contributed by atoms with van der Waals surface area (Å²) in [7, 11) is 0. The molecular formula is C16H32N2. The van der Waals surface area contributed by atoms with E-state index < -0.39 is 0 Å². The Morgan fingerprint density at radius 1 is 1.11 bits per heavy atom. The summed E-state index contributed by atoms with van der Waals surface area (Å²) in [5, 5.41) is 3.79. The summed E-state index contributed by atoms with van der Waals surface area (Å²) in [5.74, 6) is 0.823.